The standard InChI is InChI=1S/C14H15NO3S/c1-11-2-6-14(7-3-11)18-19(16,17)15-9-8-12-4-5-13(15)10-12/h2-9,12-13H,10H2,1H3/t12-,13+/m1/s1. The van der Waals surface area contributed by atoms with Gasteiger partial charge >= 0.3 is 10.3 Å². The van der Waals surface area contributed by atoms with Crippen molar-refractivity contribution in [2.75, 3.05) is 0 Å². The Labute approximate surface area is 113 Å². The number of nitrogens with zero attached hydrogens (tertiary/aromatic N) is 1. The first-order valence-electron chi connectivity index (χ1n) is 6.21. The molecule has 1 aliphatic heterocycles. The number of aryl methyl sites for hydroxylation is 1. The molecule has 1 aromatic rings. The summed E-state index contributed by atoms with van der Waals surface area (Å²) >= 11 is 0. The van der Waals surface area contributed by atoms with E-state index in [1.165, 1.54) is 4.31 Å². The molecule has 1 aromatic carbocycles. The number of benzene rings is 1. The average molecular weight is 277 g/mol. The summed E-state index contributed by atoms with van der Waals surface area (Å²) in [7, 11) is -3.79. The van der Waals surface area contributed by atoms with Crippen molar-refractivity contribution in [2.24, 2.45) is 5.92 Å². The molecular formula is C14H15NO3S. The molecule has 5 heteroatoms. The van der Waals surface area contributed by atoms with E-state index >= 15 is 0 Å². The Balaban J connectivity index is 1.83. The van der Waals surface area contributed by atoms with Crippen molar-refractivity contribution in [1.82, 2.24) is 4.31 Å². The molecule has 3 rings (SSSR count). The molecule has 19 heavy (non-hydrogen) atoms. The maximum absolute atomic E-state index is 12.2. The lowest BCUT2D eigenvalue weighted by atomic mass is 10.1. The highest BCUT2D eigenvalue weighted by Crippen LogP contribution is 2.31. The molecule has 0 radical (unpaired) electrons. The molecule has 1 heterocycles. The number of hydrogen-bond donors (Lipinski definition) is 0. The maximum Gasteiger partial charge on any atom is 0.410 e. The summed E-state index contributed by atoms with van der Waals surface area (Å²) in [5, 5.41) is 0. The molecule has 0 fully saturated rings. The van der Waals surface area contributed by atoms with E-state index < -0.39 is 10.3 Å². The fraction of sp³-hybridized carbons (Fsp3) is 0.286. The highest BCUT2D eigenvalue weighted by atomic mass is 32.2. The van der Waals surface area contributed by atoms with Crippen LogP contribution < -0.4 is 4.18 Å². The van der Waals surface area contributed by atoms with Crippen molar-refractivity contribution in [2.45, 2.75) is 19.4 Å². The van der Waals surface area contributed by atoms with Crippen LogP contribution in [-0.2, 0) is 10.3 Å². The summed E-state index contributed by atoms with van der Waals surface area (Å²) in [6.45, 7) is 1.94. The van der Waals surface area contributed by atoms with Gasteiger partial charge in [-0.05, 0) is 31.4 Å². The molecule has 2 aliphatic rings. The normalized spacial score (nSPS) is 24.8. The van der Waals surface area contributed by atoms with Crippen molar-refractivity contribution in [1.29, 1.82) is 0 Å². The van der Waals surface area contributed by atoms with Crippen LogP contribution in [0.4, 0.5) is 0 Å². The van der Waals surface area contributed by atoms with E-state index in [-0.39, 0.29) is 6.04 Å². The second-order valence-corrected chi connectivity index (χ2v) is 6.32. The second-order valence-electron chi connectivity index (χ2n) is 4.88. The summed E-state index contributed by atoms with van der Waals surface area (Å²) in [5.41, 5.74) is 1.06. The van der Waals surface area contributed by atoms with Gasteiger partial charge in [0.05, 0.1) is 6.04 Å². The van der Waals surface area contributed by atoms with E-state index in [0.29, 0.717) is 11.7 Å². The summed E-state index contributed by atoms with van der Waals surface area (Å²) in [6, 6.07) is 6.84. The van der Waals surface area contributed by atoms with Crippen molar-refractivity contribution in [3.63, 3.8) is 0 Å². The van der Waals surface area contributed by atoms with Crippen LogP contribution in [0.5, 0.6) is 5.75 Å². The molecule has 0 unspecified atom stereocenters. The van der Waals surface area contributed by atoms with Crippen molar-refractivity contribution >= 4 is 10.3 Å². The van der Waals surface area contributed by atoms with Crippen LogP contribution in [-0.4, -0.2) is 18.8 Å². The van der Waals surface area contributed by atoms with Gasteiger partial charge in [0.15, 0.2) is 0 Å². The highest BCUT2D eigenvalue weighted by Gasteiger charge is 2.34. The summed E-state index contributed by atoms with van der Waals surface area (Å²) < 4.78 is 30.9. The van der Waals surface area contributed by atoms with E-state index in [1.807, 2.05) is 37.3 Å². The molecular weight excluding hydrogens is 262 g/mol. The Hall–Kier alpha value is -1.75. The molecule has 0 aromatic heterocycles. The first kappa shape index (κ1) is 12.3. The molecule has 0 spiro atoms. The Bertz CT molecular complexity index is 631. The topological polar surface area (TPSA) is 46.6 Å². The third-order valence-corrected chi connectivity index (χ3v) is 4.69. The van der Waals surface area contributed by atoms with Gasteiger partial charge in [-0.15, -0.1) is 0 Å². The largest absolute Gasteiger partial charge is 0.410 e. The quantitative estimate of drug-likeness (QED) is 0.797. The summed E-state index contributed by atoms with van der Waals surface area (Å²) in [6.07, 6.45) is 8.23. The van der Waals surface area contributed by atoms with E-state index in [2.05, 4.69) is 0 Å². The van der Waals surface area contributed by atoms with E-state index in [1.54, 1.807) is 18.3 Å². The van der Waals surface area contributed by atoms with Crippen molar-refractivity contribution < 1.29 is 12.6 Å². The average Bonchev–Trinajstić information content (AvgIpc) is 2.73. The fourth-order valence-electron chi connectivity index (χ4n) is 2.34. The van der Waals surface area contributed by atoms with Gasteiger partial charge in [0, 0.05) is 6.20 Å². The predicted octanol–water partition coefficient (Wildman–Crippen LogP) is 2.39. The number of fused-ring (bicyclic) bond motifs is 2. The maximum atomic E-state index is 12.2. The van der Waals surface area contributed by atoms with Crippen LogP contribution in [0.2, 0.25) is 0 Å². The van der Waals surface area contributed by atoms with E-state index in [4.69, 9.17) is 4.18 Å². The monoisotopic (exact) mass is 277 g/mol. The smallest absolute Gasteiger partial charge is 0.367 e. The van der Waals surface area contributed by atoms with Crippen LogP contribution >= 0.6 is 0 Å². The first-order valence-corrected chi connectivity index (χ1v) is 7.57. The number of hydrogen-bond acceptors (Lipinski definition) is 3. The van der Waals surface area contributed by atoms with Gasteiger partial charge < -0.3 is 4.18 Å². The zero-order valence-corrected chi connectivity index (χ0v) is 11.4. The van der Waals surface area contributed by atoms with E-state index in [0.717, 1.165) is 12.0 Å². The molecule has 2 bridgehead atoms. The molecule has 2 atom stereocenters. The molecule has 0 saturated heterocycles. The Morgan fingerprint density at radius 3 is 2.63 bits per heavy atom. The third kappa shape index (κ3) is 2.38. The molecule has 0 N–H and O–H groups in total. The minimum atomic E-state index is -3.79. The van der Waals surface area contributed by atoms with Gasteiger partial charge in [0.25, 0.3) is 0 Å². The van der Waals surface area contributed by atoms with Crippen LogP contribution in [0.3, 0.4) is 0 Å². The molecule has 4 nitrogen and oxygen atoms in total. The SMILES string of the molecule is Cc1ccc(OS(=O)(=O)N2C=C[C@H]3C=C[C@H]2C3)cc1. The highest BCUT2D eigenvalue weighted by molar-refractivity contribution is 7.84. The lowest BCUT2D eigenvalue weighted by molar-refractivity contribution is 0.360. The van der Waals surface area contributed by atoms with Crippen LogP contribution in [0, 0.1) is 12.8 Å². The third-order valence-electron chi connectivity index (χ3n) is 3.38. The Morgan fingerprint density at radius 1 is 1.16 bits per heavy atom. The number of rotatable bonds is 3. The summed E-state index contributed by atoms with van der Waals surface area (Å²) in [5.74, 6) is 0.693. The Kier molecular flexibility index (Phi) is 2.86. The van der Waals surface area contributed by atoms with Crippen LogP contribution in [0.25, 0.3) is 0 Å². The van der Waals surface area contributed by atoms with Gasteiger partial charge in [0.1, 0.15) is 5.75 Å². The minimum absolute atomic E-state index is 0.120. The second kappa shape index (κ2) is 4.42. The number of allylic oxidation sites excluding steroid dienone is 2. The van der Waals surface area contributed by atoms with E-state index in [9.17, 15) is 8.42 Å². The zero-order chi connectivity index (χ0) is 13.5. The van der Waals surface area contributed by atoms with Gasteiger partial charge in [-0.3, -0.25) is 0 Å². The van der Waals surface area contributed by atoms with Gasteiger partial charge in [-0.25, -0.2) is 4.31 Å². The van der Waals surface area contributed by atoms with Crippen molar-refractivity contribution in [3.05, 3.63) is 54.3 Å². The van der Waals surface area contributed by atoms with Gasteiger partial charge in [-0.2, -0.15) is 8.42 Å². The lowest BCUT2D eigenvalue weighted by Gasteiger charge is -2.28. The van der Waals surface area contributed by atoms with Crippen molar-refractivity contribution in [3.8, 4) is 5.75 Å². The van der Waals surface area contributed by atoms with Crippen LogP contribution in [0.15, 0.2) is 48.7 Å². The van der Waals surface area contributed by atoms with Gasteiger partial charge in [0.2, 0.25) is 0 Å². The molecule has 0 saturated carbocycles. The summed E-state index contributed by atoms with van der Waals surface area (Å²) in [4.78, 5) is 0. The van der Waals surface area contributed by atoms with Crippen LogP contribution in [0.1, 0.15) is 12.0 Å². The molecule has 0 amide bonds. The molecule has 100 valence electrons. The predicted molar refractivity (Wildman–Crippen MR) is 72.7 cm³/mol. The first-order chi connectivity index (χ1) is 9.04. The Morgan fingerprint density at radius 2 is 1.89 bits per heavy atom. The minimum Gasteiger partial charge on any atom is -0.367 e. The van der Waals surface area contributed by atoms with Gasteiger partial charge in [-0.1, -0.05) is 35.9 Å². The zero-order valence-electron chi connectivity index (χ0n) is 10.6. The molecule has 1 aliphatic carbocycles. The lowest BCUT2D eigenvalue weighted by Crippen LogP contribution is -2.38. The fourth-order valence-corrected chi connectivity index (χ4v) is 3.49.